The average molecular weight is 473 g/mol. The lowest BCUT2D eigenvalue weighted by molar-refractivity contribution is -0.146. The largest absolute Gasteiger partial charge is 0.401 e. The third kappa shape index (κ3) is 3.90. The van der Waals surface area contributed by atoms with Crippen LogP contribution in [0.15, 0.2) is 40.9 Å². The van der Waals surface area contributed by atoms with Gasteiger partial charge in [-0.05, 0) is 41.5 Å². The maximum Gasteiger partial charge on any atom is 0.401 e. The van der Waals surface area contributed by atoms with Gasteiger partial charge in [-0.3, -0.25) is 9.69 Å². The number of H-pyrrole nitrogens is 1. The molecule has 0 spiro atoms. The summed E-state index contributed by atoms with van der Waals surface area (Å²) in [5.74, 6) is -0.357. The average Bonchev–Trinajstić information content (AvgIpc) is 3.21. The van der Waals surface area contributed by atoms with E-state index in [0.29, 0.717) is 21.9 Å². The molecule has 4 rings (SSSR count). The van der Waals surface area contributed by atoms with Crippen molar-refractivity contribution in [3.63, 3.8) is 0 Å². The highest BCUT2D eigenvalue weighted by Crippen LogP contribution is 2.31. The number of carbonyl (C=O) groups excluding carboxylic acids is 1. The molecule has 146 valence electrons. The fraction of sp³-hybridized carbons (Fsp3) is 0.211. The molecule has 2 N–H and O–H groups in total. The summed E-state index contributed by atoms with van der Waals surface area (Å²) in [4.78, 5) is 16.9. The Balaban J connectivity index is 1.52. The quantitative estimate of drug-likeness (QED) is 0.513. The van der Waals surface area contributed by atoms with Gasteiger partial charge in [0.15, 0.2) is 0 Å². The minimum Gasteiger partial charge on any atom is -0.349 e. The zero-order valence-electron chi connectivity index (χ0n) is 14.3. The monoisotopic (exact) mass is 471 g/mol. The number of benzene rings is 2. The first-order valence-corrected chi connectivity index (χ1v) is 9.56. The zero-order chi connectivity index (χ0) is 20.1. The van der Waals surface area contributed by atoms with E-state index in [1.54, 1.807) is 36.4 Å². The van der Waals surface area contributed by atoms with Gasteiger partial charge in [0.05, 0.1) is 17.1 Å². The molecular weight excluding hydrogens is 459 g/mol. The number of hydrogen-bond donors (Lipinski definition) is 2. The number of fused-ring (bicyclic) bond motifs is 2. The van der Waals surface area contributed by atoms with Crippen LogP contribution in [0.5, 0.6) is 0 Å². The molecule has 4 nitrogen and oxygen atoms in total. The number of aromatic amines is 1. The highest BCUT2D eigenvalue weighted by molar-refractivity contribution is 9.10. The number of nitrogens with one attached hydrogen (secondary N) is 2. The molecule has 2 aromatic carbocycles. The van der Waals surface area contributed by atoms with Gasteiger partial charge >= 0.3 is 6.18 Å². The number of aromatic nitrogens is 1. The van der Waals surface area contributed by atoms with Crippen molar-refractivity contribution in [2.45, 2.75) is 19.3 Å². The first kappa shape index (κ1) is 19.3. The molecule has 0 aliphatic carbocycles. The standard InChI is InChI=1S/C19H14BrClF3N3O/c20-14-3-4-15(21)17-13(14)6-16(26-17)18(28)25-12-2-1-10-7-27(8-11(10)5-12)9-19(22,23)24/h1-6,26H,7-9H2,(H,25,28). The number of carbonyl (C=O) groups is 1. The van der Waals surface area contributed by atoms with Crippen molar-refractivity contribution in [1.29, 1.82) is 0 Å². The van der Waals surface area contributed by atoms with Crippen molar-refractivity contribution in [2.75, 3.05) is 11.9 Å². The molecule has 0 saturated carbocycles. The van der Waals surface area contributed by atoms with Gasteiger partial charge in [-0.1, -0.05) is 33.6 Å². The normalized spacial score (nSPS) is 14.5. The van der Waals surface area contributed by atoms with Crippen molar-refractivity contribution in [2.24, 2.45) is 0 Å². The van der Waals surface area contributed by atoms with Crippen molar-refractivity contribution >= 4 is 50.0 Å². The van der Waals surface area contributed by atoms with E-state index < -0.39 is 12.7 Å². The minimum atomic E-state index is -4.23. The first-order valence-electron chi connectivity index (χ1n) is 8.38. The molecule has 1 amide bonds. The number of amides is 1. The van der Waals surface area contributed by atoms with Crippen molar-refractivity contribution in [3.05, 3.63) is 62.7 Å². The maximum atomic E-state index is 12.6. The van der Waals surface area contributed by atoms with Crippen LogP contribution in [0, 0.1) is 0 Å². The minimum absolute atomic E-state index is 0.202. The summed E-state index contributed by atoms with van der Waals surface area (Å²) in [5.41, 5.74) is 3.13. The Morgan fingerprint density at radius 3 is 2.64 bits per heavy atom. The van der Waals surface area contributed by atoms with Crippen LogP contribution in [0.2, 0.25) is 5.02 Å². The summed E-state index contributed by atoms with van der Waals surface area (Å²) >= 11 is 9.59. The predicted octanol–water partition coefficient (Wildman–Crippen LogP) is 5.71. The van der Waals surface area contributed by atoms with Gasteiger partial charge in [0.25, 0.3) is 5.91 Å². The van der Waals surface area contributed by atoms with E-state index in [0.717, 1.165) is 21.0 Å². The Labute approximate surface area is 171 Å². The molecule has 0 unspecified atom stereocenters. The molecule has 0 atom stereocenters. The SMILES string of the molecule is O=C(Nc1ccc2c(c1)CN(CC(F)(F)F)C2)c1cc2c(Br)ccc(Cl)c2[nH]1. The maximum absolute atomic E-state index is 12.6. The smallest absolute Gasteiger partial charge is 0.349 e. The molecule has 0 radical (unpaired) electrons. The van der Waals surface area contributed by atoms with Crippen LogP contribution < -0.4 is 5.32 Å². The molecule has 0 bridgehead atoms. The molecule has 3 aromatic rings. The van der Waals surface area contributed by atoms with Gasteiger partial charge < -0.3 is 10.3 Å². The molecular formula is C19H14BrClF3N3O. The number of alkyl halides is 3. The fourth-order valence-electron chi connectivity index (χ4n) is 3.38. The Hall–Kier alpha value is -2.03. The van der Waals surface area contributed by atoms with Crippen LogP contribution in [0.3, 0.4) is 0 Å². The number of hydrogen-bond acceptors (Lipinski definition) is 2. The third-order valence-corrected chi connectivity index (χ3v) is 5.60. The van der Waals surface area contributed by atoms with Gasteiger partial charge in [0.1, 0.15) is 5.69 Å². The van der Waals surface area contributed by atoms with Gasteiger partial charge in [0, 0.05) is 28.6 Å². The molecule has 9 heteroatoms. The highest BCUT2D eigenvalue weighted by atomic mass is 79.9. The van der Waals surface area contributed by atoms with E-state index in [9.17, 15) is 18.0 Å². The van der Waals surface area contributed by atoms with E-state index in [1.165, 1.54) is 4.90 Å². The Bertz CT molecular complexity index is 1040. The molecule has 0 fully saturated rings. The van der Waals surface area contributed by atoms with Crippen LogP contribution in [-0.2, 0) is 13.1 Å². The number of nitrogens with zero attached hydrogens (tertiary/aromatic N) is 1. The van der Waals surface area contributed by atoms with Crippen LogP contribution in [0.1, 0.15) is 21.6 Å². The van der Waals surface area contributed by atoms with E-state index in [1.807, 2.05) is 0 Å². The van der Waals surface area contributed by atoms with Crippen molar-refractivity contribution in [3.8, 4) is 0 Å². The summed E-state index contributed by atoms with van der Waals surface area (Å²) < 4.78 is 38.6. The van der Waals surface area contributed by atoms with Crippen LogP contribution >= 0.6 is 27.5 Å². The lowest BCUT2D eigenvalue weighted by Crippen LogP contribution is -2.29. The lowest BCUT2D eigenvalue weighted by Gasteiger charge is -2.16. The van der Waals surface area contributed by atoms with E-state index in [-0.39, 0.29) is 19.0 Å². The van der Waals surface area contributed by atoms with Gasteiger partial charge in [-0.2, -0.15) is 13.2 Å². The van der Waals surface area contributed by atoms with E-state index in [4.69, 9.17) is 11.6 Å². The summed E-state index contributed by atoms with van der Waals surface area (Å²) in [6, 6.07) is 10.4. The van der Waals surface area contributed by atoms with Gasteiger partial charge in [0.2, 0.25) is 0 Å². The predicted molar refractivity (Wildman–Crippen MR) is 106 cm³/mol. The molecule has 1 aliphatic rings. The van der Waals surface area contributed by atoms with Crippen LogP contribution in [-0.4, -0.2) is 28.5 Å². The second-order valence-electron chi connectivity index (χ2n) is 6.70. The summed E-state index contributed by atoms with van der Waals surface area (Å²) in [6.45, 7) is -0.501. The topological polar surface area (TPSA) is 48.1 Å². The second-order valence-corrected chi connectivity index (χ2v) is 7.96. The molecule has 28 heavy (non-hydrogen) atoms. The first-order chi connectivity index (χ1) is 13.2. The lowest BCUT2D eigenvalue weighted by atomic mass is 10.1. The Kier molecular flexibility index (Phi) is 4.89. The molecule has 1 aromatic heterocycles. The summed E-state index contributed by atoms with van der Waals surface area (Å²) in [7, 11) is 0. The van der Waals surface area contributed by atoms with Crippen molar-refractivity contribution < 1.29 is 18.0 Å². The second kappa shape index (κ2) is 7.09. The van der Waals surface area contributed by atoms with Gasteiger partial charge in [-0.15, -0.1) is 0 Å². The molecule has 1 aliphatic heterocycles. The van der Waals surface area contributed by atoms with E-state index >= 15 is 0 Å². The third-order valence-electron chi connectivity index (χ3n) is 4.59. The van der Waals surface area contributed by atoms with Crippen LogP contribution in [0.4, 0.5) is 18.9 Å². The van der Waals surface area contributed by atoms with Gasteiger partial charge in [-0.25, -0.2) is 0 Å². The van der Waals surface area contributed by atoms with Crippen molar-refractivity contribution in [1.82, 2.24) is 9.88 Å². The van der Waals surface area contributed by atoms with Crippen LogP contribution in [0.25, 0.3) is 10.9 Å². The Morgan fingerprint density at radius 1 is 1.18 bits per heavy atom. The fourth-order valence-corrected chi connectivity index (χ4v) is 4.04. The highest BCUT2D eigenvalue weighted by Gasteiger charge is 2.33. The van der Waals surface area contributed by atoms with E-state index in [2.05, 4.69) is 26.2 Å². The number of halogens is 5. The summed E-state index contributed by atoms with van der Waals surface area (Å²) in [6.07, 6.45) is -4.23. The Morgan fingerprint density at radius 2 is 1.93 bits per heavy atom. The molecule has 2 heterocycles. The molecule has 0 saturated heterocycles. The zero-order valence-corrected chi connectivity index (χ0v) is 16.7. The number of rotatable bonds is 3. The summed E-state index contributed by atoms with van der Waals surface area (Å²) in [5, 5.41) is 4.07. The number of anilines is 1.